The van der Waals surface area contributed by atoms with Gasteiger partial charge in [-0.2, -0.15) is 5.10 Å². The van der Waals surface area contributed by atoms with Crippen LogP contribution in [0.2, 0.25) is 0 Å². The number of benzene rings is 2. The Morgan fingerprint density at radius 2 is 1.82 bits per heavy atom. The standard InChI is InChI=1S/C18H19N3O/c1-14(19-11-15-7-3-2-4-8-15)13-21-18(22)17-10-6-5-9-16(17)12-20-21/h2-10,12,14,19H,11,13H2,1H3/t14-/m0/s1. The van der Waals surface area contributed by atoms with Crippen molar-refractivity contribution >= 4 is 10.8 Å². The maximum Gasteiger partial charge on any atom is 0.274 e. The number of hydrogen-bond donors (Lipinski definition) is 1. The quantitative estimate of drug-likeness (QED) is 0.786. The van der Waals surface area contributed by atoms with Gasteiger partial charge in [0, 0.05) is 18.0 Å². The topological polar surface area (TPSA) is 46.9 Å². The Hall–Kier alpha value is -2.46. The number of fused-ring (bicyclic) bond motifs is 1. The largest absolute Gasteiger partial charge is 0.308 e. The van der Waals surface area contributed by atoms with Crippen molar-refractivity contribution in [3.05, 3.63) is 76.7 Å². The van der Waals surface area contributed by atoms with Crippen molar-refractivity contribution in [3.63, 3.8) is 0 Å². The average molecular weight is 293 g/mol. The van der Waals surface area contributed by atoms with E-state index in [0.29, 0.717) is 11.9 Å². The first-order valence-corrected chi connectivity index (χ1v) is 7.46. The Kier molecular flexibility index (Phi) is 4.30. The summed E-state index contributed by atoms with van der Waals surface area (Å²) in [5, 5.41) is 9.29. The van der Waals surface area contributed by atoms with Gasteiger partial charge in [0.15, 0.2) is 0 Å². The van der Waals surface area contributed by atoms with Crippen molar-refractivity contribution in [3.8, 4) is 0 Å². The van der Waals surface area contributed by atoms with Crippen molar-refractivity contribution in [2.75, 3.05) is 0 Å². The zero-order chi connectivity index (χ0) is 15.4. The normalized spacial score (nSPS) is 12.4. The van der Waals surface area contributed by atoms with E-state index < -0.39 is 0 Å². The molecule has 2 aromatic carbocycles. The molecule has 0 amide bonds. The molecular weight excluding hydrogens is 274 g/mol. The lowest BCUT2D eigenvalue weighted by Crippen LogP contribution is -2.35. The lowest BCUT2D eigenvalue weighted by molar-refractivity contribution is 0.439. The van der Waals surface area contributed by atoms with Gasteiger partial charge in [-0.1, -0.05) is 48.5 Å². The molecule has 4 heteroatoms. The number of hydrogen-bond acceptors (Lipinski definition) is 3. The molecule has 0 fully saturated rings. The van der Waals surface area contributed by atoms with Gasteiger partial charge in [0.1, 0.15) is 0 Å². The zero-order valence-corrected chi connectivity index (χ0v) is 12.6. The molecular formula is C18H19N3O. The number of nitrogens with one attached hydrogen (secondary N) is 1. The van der Waals surface area contributed by atoms with E-state index in [4.69, 9.17) is 0 Å². The fourth-order valence-corrected chi connectivity index (χ4v) is 2.47. The number of aromatic nitrogens is 2. The molecule has 0 aliphatic rings. The van der Waals surface area contributed by atoms with E-state index >= 15 is 0 Å². The molecule has 3 rings (SSSR count). The highest BCUT2D eigenvalue weighted by Crippen LogP contribution is 2.06. The van der Waals surface area contributed by atoms with Crippen LogP contribution in [-0.2, 0) is 13.1 Å². The molecule has 0 saturated carbocycles. The monoisotopic (exact) mass is 293 g/mol. The van der Waals surface area contributed by atoms with Crippen LogP contribution in [-0.4, -0.2) is 15.8 Å². The molecule has 4 nitrogen and oxygen atoms in total. The molecule has 0 spiro atoms. The Bertz CT molecular complexity index is 811. The van der Waals surface area contributed by atoms with Crippen molar-refractivity contribution in [2.24, 2.45) is 0 Å². The van der Waals surface area contributed by atoms with Crippen LogP contribution in [0.3, 0.4) is 0 Å². The van der Waals surface area contributed by atoms with Crippen molar-refractivity contribution < 1.29 is 0 Å². The van der Waals surface area contributed by atoms with Gasteiger partial charge in [0.25, 0.3) is 5.56 Å². The average Bonchev–Trinajstić information content (AvgIpc) is 2.57. The minimum Gasteiger partial charge on any atom is -0.308 e. The first-order valence-electron chi connectivity index (χ1n) is 7.46. The molecule has 1 N–H and O–H groups in total. The van der Waals surface area contributed by atoms with E-state index in [1.54, 1.807) is 6.20 Å². The highest BCUT2D eigenvalue weighted by molar-refractivity contribution is 5.80. The van der Waals surface area contributed by atoms with Crippen molar-refractivity contribution in [1.29, 1.82) is 0 Å². The first kappa shape index (κ1) is 14.5. The fraction of sp³-hybridized carbons (Fsp3) is 0.222. The van der Waals surface area contributed by atoms with Crippen molar-refractivity contribution in [1.82, 2.24) is 15.1 Å². The maximum absolute atomic E-state index is 12.4. The second kappa shape index (κ2) is 6.54. The molecule has 22 heavy (non-hydrogen) atoms. The van der Waals surface area contributed by atoms with Crippen LogP contribution >= 0.6 is 0 Å². The van der Waals surface area contributed by atoms with Gasteiger partial charge in [-0.3, -0.25) is 4.79 Å². The van der Waals surface area contributed by atoms with Gasteiger partial charge >= 0.3 is 0 Å². The van der Waals surface area contributed by atoms with Crippen LogP contribution in [0.5, 0.6) is 0 Å². The predicted octanol–water partition coefficient (Wildman–Crippen LogP) is 2.57. The lowest BCUT2D eigenvalue weighted by atomic mass is 10.2. The number of nitrogens with zero attached hydrogens (tertiary/aromatic N) is 2. The lowest BCUT2D eigenvalue weighted by Gasteiger charge is -2.15. The van der Waals surface area contributed by atoms with Crippen LogP contribution in [0.4, 0.5) is 0 Å². The third kappa shape index (κ3) is 3.23. The van der Waals surface area contributed by atoms with Gasteiger partial charge in [0.05, 0.1) is 18.1 Å². The van der Waals surface area contributed by atoms with Gasteiger partial charge in [0.2, 0.25) is 0 Å². The third-order valence-electron chi connectivity index (χ3n) is 3.71. The van der Waals surface area contributed by atoms with Crippen LogP contribution in [0, 0.1) is 0 Å². The molecule has 0 aliphatic carbocycles. The SMILES string of the molecule is C[C@@H](Cn1ncc2ccccc2c1=O)NCc1ccccc1. The fourth-order valence-electron chi connectivity index (χ4n) is 2.47. The second-order valence-corrected chi connectivity index (χ2v) is 5.49. The summed E-state index contributed by atoms with van der Waals surface area (Å²) in [5.41, 5.74) is 1.19. The Balaban J connectivity index is 1.70. The summed E-state index contributed by atoms with van der Waals surface area (Å²) >= 11 is 0. The summed E-state index contributed by atoms with van der Waals surface area (Å²) in [6.07, 6.45) is 1.75. The maximum atomic E-state index is 12.4. The molecule has 0 saturated heterocycles. The van der Waals surface area contributed by atoms with Crippen molar-refractivity contribution in [2.45, 2.75) is 26.1 Å². The highest BCUT2D eigenvalue weighted by Gasteiger charge is 2.07. The molecule has 0 bridgehead atoms. The summed E-state index contributed by atoms with van der Waals surface area (Å²) in [7, 11) is 0. The zero-order valence-electron chi connectivity index (χ0n) is 12.6. The van der Waals surface area contributed by atoms with Crippen LogP contribution in [0.25, 0.3) is 10.8 Å². The summed E-state index contributed by atoms with van der Waals surface area (Å²) in [6.45, 7) is 3.40. The van der Waals surface area contributed by atoms with E-state index in [0.717, 1.165) is 11.9 Å². The minimum atomic E-state index is -0.0357. The molecule has 0 radical (unpaired) electrons. The van der Waals surface area contributed by atoms with E-state index in [1.807, 2.05) is 42.5 Å². The Morgan fingerprint density at radius 3 is 2.64 bits per heavy atom. The number of rotatable bonds is 5. The smallest absolute Gasteiger partial charge is 0.274 e. The van der Waals surface area contributed by atoms with Gasteiger partial charge in [-0.05, 0) is 18.6 Å². The summed E-state index contributed by atoms with van der Waals surface area (Å²) in [4.78, 5) is 12.4. The molecule has 0 aliphatic heterocycles. The molecule has 3 aromatic rings. The molecule has 112 valence electrons. The molecule has 1 atom stereocenters. The van der Waals surface area contributed by atoms with Crippen LogP contribution in [0.15, 0.2) is 65.6 Å². The Labute approximate surface area is 129 Å². The van der Waals surface area contributed by atoms with Gasteiger partial charge < -0.3 is 5.32 Å². The first-order chi connectivity index (χ1) is 10.7. The van der Waals surface area contributed by atoms with Crippen LogP contribution in [0.1, 0.15) is 12.5 Å². The second-order valence-electron chi connectivity index (χ2n) is 5.49. The van der Waals surface area contributed by atoms with E-state index in [9.17, 15) is 4.79 Å². The van der Waals surface area contributed by atoms with Gasteiger partial charge in [-0.15, -0.1) is 0 Å². The van der Waals surface area contributed by atoms with Crippen LogP contribution < -0.4 is 10.9 Å². The Morgan fingerprint density at radius 1 is 1.09 bits per heavy atom. The third-order valence-corrected chi connectivity index (χ3v) is 3.71. The minimum absolute atomic E-state index is 0.0357. The van der Waals surface area contributed by atoms with E-state index in [-0.39, 0.29) is 11.6 Å². The molecule has 1 aromatic heterocycles. The summed E-state index contributed by atoms with van der Waals surface area (Å²) in [6, 6.07) is 17.9. The predicted molar refractivity (Wildman–Crippen MR) is 88.7 cm³/mol. The molecule has 1 heterocycles. The van der Waals surface area contributed by atoms with E-state index in [1.165, 1.54) is 10.2 Å². The summed E-state index contributed by atoms with van der Waals surface area (Å²) < 4.78 is 1.53. The highest BCUT2D eigenvalue weighted by atomic mass is 16.1. The molecule has 0 unspecified atom stereocenters. The van der Waals surface area contributed by atoms with Gasteiger partial charge in [-0.25, -0.2) is 4.68 Å². The summed E-state index contributed by atoms with van der Waals surface area (Å²) in [5.74, 6) is 0. The van der Waals surface area contributed by atoms with E-state index in [2.05, 4.69) is 29.5 Å².